The summed E-state index contributed by atoms with van der Waals surface area (Å²) in [6.45, 7) is 3.78. The third kappa shape index (κ3) is 4.01. The standard InChI is InChI=1S/C21H29N5O3S/c1-16-7-9-18(10-8-16)26-21(22)19(14-23-26)20(27)17-6-5-13-25(15-17)30(28,29)24-11-3-2-4-12-24/h7-10,14,17H,2-6,11-13,15,22H2,1H3. The van der Waals surface area contributed by atoms with E-state index in [4.69, 9.17) is 5.73 Å². The molecule has 4 rings (SSSR count). The highest BCUT2D eigenvalue weighted by Crippen LogP contribution is 2.28. The lowest BCUT2D eigenvalue weighted by molar-refractivity contribution is 0.0870. The van der Waals surface area contributed by atoms with Crippen molar-refractivity contribution >= 4 is 21.8 Å². The molecule has 1 unspecified atom stereocenters. The largest absolute Gasteiger partial charge is 0.383 e. The number of nitrogen functional groups attached to an aromatic ring is 1. The van der Waals surface area contributed by atoms with Crippen LogP contribution in [0.5, 0.6) is 0 Å². The van der Waals surface area contributed by atoms with Gasteiger partial charge in [-0.1, -0.05) is 24.1 Å². The summed E-state index contributed by atoms with van der Waals surface area (Å²) in [5.41, 5.74) is 8.53. The summed E-state index contributed by atoms with van der Waals surface area (Å²) >= 11 is 0. The van der Waals surface area contributed by atoms with Crippen LogP contribution in [0.15, 0.2) is 30.5 Å². The molecule has 0 aliphatic carbocycles. The molecule has 0 bridgehead atoms. The van der Waals surface area contributed by atoms with E-state index in [1.807, 2.05) is 31.2 Å². The number of aryl methyl sites for hydroxylation is 1. The number of rotatable bonds is 5. The number of carbonyl (C=O) groups is 1. The maximum atomic E-state index is 13.2. The summed E-state index contributed by atoms with van der Waals surface area (Å²) in [5, 5.41) is 4.30. The zero-order valence-electron chi connectivity index (χ0n) is 17.3. The molecule has 30 heavy (non-hydrogen) atoms. The third-order valence-electron chi connectivity index (χ3n) is 6.07. The fourth-order valence-electron chi connectivity index (χ4n) is 4.28. The summed E-state index contributed by atoms with van der Waals surface area (Å²) in [6, 6.07) is 7.73. The van der Waals surface area contributed by atoms with Gasteiger partial charge < -0.3 is 5.73 Å². The van der Waals surface area contributed by atoms with Crippen LogP contribution in [-0.2, 0) is 10.2 Å². The Hall–Kier alpha value is -2.23. The van der Waals surface area contributed by atoms with Crippen molar-refractivity contribution in [1.29, 1.82) is 0 Å². The van der Waals surface area contributed by atoms with Gasteiger partial charge in [-0.25, -0.2) is 4.68 Å². The van der Waals surface area contributed by atoms with Crippen molar-refractivity contribution in [3.8, 4) is 5.69 Å². The van der Waals surface area contributed by atoms with Gasteiger partial charge in [-0.3, -0.25) is 4.79 Å². The molecule has 0 saturated carbocycles. The molecule has 0 radical (unpaired) electrons. The Bertz CT molecular complexity index is 1010. The average molecular weight is 432 g/mol. The molecule has 9 heteroatoms. The topological polar surface area (TPSA) is 102 Å². The van der Waals surface area contributed by atoms with Crippen molar-refractivity contribution in [2.24, 2.45) is 5.92 Å². The zero-order chi connectivity index (χ0) is 21.3. The van der Waals surface area contributed by atoms with E-state index in [1.165, 1.54) is 10.5 Å². The van der Waals surface area contributed by atoms with Crippen molar-refractivity contribution in [2.75, 3.05) is 31.9 Å². The third-order valence-corrected chi connectivity index (χ3v) is 8.07. The molecule has 3 heterocycles. The monoisotopic (exact) mass is 431 g/mol. The molecule has 162 valence electrons. The van der Waals surface area contributed by atoms with Gasteiger partial charge in [0.25, 0.3) is 10.2 Å². The van der Waals surface area contributed by atoms with E-state index in [2.05, 4.69) is 5.10 Å². The van der Waals surface area contributed by atoms with Gasteiger partial charge in [0.2, 0.25) is 0 Å². The molecule has 0 amide bonds. The summed E-state index contributed by atoms with van der Waals surface area (Å²) in [5.74, 6) is -0.249. The Balaban J connectivity index is 1.52. The maximum absolute atomic E-state index is 13.2. The number of Topliss-reactive ketones (excluding diaryl/α,β-unsaturated/α-hetero) is 1. The van der Waals surface area contributed by atoms with Crippen LogP contribution in [0.25, 0.3) is 5.69 Å². The normalized spacial score (nSPS) is 21.6. The fraction of sp³-hybridized carbons (Fsp3) is 0.524. The molecule has 2 aliphatic heterocycles. The minimum atomic E-state index is -3.52. The van der Waals surface area contributed by atoms with Crippen LogP contribution in [0, 0.1) is 12.8 Å². The molecule has 2 aromatic rings. The Morgan fingerprint density at radius 3 is 2.40 bits per heavy atom. The minimum Gasteiger partial charge on any atom is -0.383 e. The van der Waals surface area contributed by atoms with Gasteiger partial charge >= 0.3 is 0 Å². The van der Waals surface area contributed by atoms with E-state index < -0.39 is 16.1 Å². The van der Waals surface area contributed by atoms with E-state index in [0.717, 1.165) is 30.5 Å². The number of aromatic nitrogens is 2. The molecular weight excluding hydrogens is 402 g/mol. The number of hydrogen-bond donors (Lipinski definition) is 1. The quantitative estimate of drug-likeness (QED) is 0.733. The number of ketones is 1. The summed E-state index contributed by atoms with van der Waals surface area (Å²) in [7, 11) is -3.52. The molecular formula is C21H29N5O3S. The first-order valence-electron chi connectivity index (χ1n) is 10.6. The number of anilines is 1. The lowest BCUT2D eigenvalue weighted by Crippen LogP contribution is -2.50. The summed E-state index contributed by atoms with van der Waals surface area (Å²) < 4.78 is 30.6. The number of benzene rings is 1. The number of carbonyl (C=O) groups excluding carboxylic acids is 1. The predicted molar refractivity (Wildman–Crippen MR) is 116 cm³/mol. The van der Waals surface area contributed by atoms with Gasteiger partial charge in [0.1, 0.15) is 5.82 Å². The first-order chi connectivity index (χ1) is 14.4. The van der Waals surface area contributed by atoms with E-state index in [9.17, 15) is 13.2 Å². The first kappa shape index (κ1) is 21.0. The van der Waals surface area contributed by atoms with Crippen LogP contribution in [-0.4, -0.2) is 58.8 Å². The number of piperidine rings is 2. The second kappa shape index (κ2) is 8.49. The van der Waals surface area contributed by atoms with E-state index >= 15 is 0 Å². The number of nitrogens with two attached hydrogens (primary N) is 1. The number of hydrogen-bond acceptors (Lipinski definition) is 5. The van der Waals surface area contributed by atoms with Crippen molar-refractivity contribution in [1.82, 2.24) is 18.4 Å². The highest BCUT2D eigenvalue weighted by Gasteiger charge is 2.37. The zero-order valence-corrected chi connectivity index (χ0v) is 18.1. The van der Waals surface area contributed by atoms with Crippen molar-refractivity contribution < 1.29 is 13.2 Å². The van der Waals surface area contributed by atoms with E-state index in [1.54, 1.807) is 8.99 Å². The highest BCUT2D eigenvalue weighted by atomic mass is 32.2. The van der Waals surface area contributed by atoms with Crippen LogP contribution in [0.3, 0.4) is 0 Å². The fourth-order valence-corrected chi connectivity index (χ4v) is 6.06. The van der Waals surface area contributed by atoms with E-state index in [-0.39, 0.29) is 12.3 Å². The Morgan fingerprint density at radius 1 is 1.03 bits per heavy atom. The summed E-state index contributed by atoms with van der Waals surface area (Å²) in [6.07, 6.45) is 5.66. The lowest BCUT2D eigenvalue weighted by Gasteiger charge is -2.36. The molecule has 8 nitrogen and oxygen atoms in total. The van der Waals surface area contributed by atoms with Gasteiger partial charge in [-0.2, -0.15) is 22.1 Å². The van der Waals surface area contributed by atoms with Crippen LogP contribution in [0.4, 0.5) is 5.82 Å². The summed E-state index contributed by atoms with van der Waals surface area (Å²) in [4.78, 5) is 13.2. The highest BCUT2D eigenvalue weighted by molar-refractivity contribution is 7.86. The van der Waals surface area contributed by atoms with Gasteiger partial charge in [-0.05, 0) is 44.7 Å². The molecule has 1 atom stereocenters. The smallest absolute Gasteiger partial charge is 0.281 e. The molecule has 2 saturated heterocycles. The number of nitrogens with zero attached hydrogens (tertiary/aromatic N) is 4. The molecule has 2 N–H and O–H groups in total. The molecule has 1 aromatic carbocycles. The van der Waals surface area contributed by atoms with Gasteiger partial charge in [0.15, 0.2) is 5.78 Å². The molecule has 2 fully saturated rings. The van der Waals surface area contributed by atoms with Crippen molar-refractivity contribution in [3.63, 3.8) is 0 Å². The second-order valence-corrected chi connectivity index (χ2v) is 10.1. The van der Waals surface area contributed by atoms with Gasteiger partial charge in [0, 0.05) is 32.1 Å². The Labute approximate surface area is 177 Å². The average Bonchev–Trinajstić information content (AvgIpc) is 3.15. The molecule has 0 spiro atoms. The first-order valence-corrected chi connectivity index (χ1v) is 12.0. The van der Waals surface area contributed by atoms with Gasteiger partial charge in [0.05, 0.1) is 17.4 Å². The second-order valence-electron chi connectivity index (χ2n) is 8.22. The van der Waals surface area contributed by atoms with Crippen molar-refractivity contribution in [2.45, 2.75) is 39.0 Å². The minimum absolute atomic E-state index is 0.135. The van der Waals surface area contributed by atoms with Gasteiger partial charge in [-0.15, -0.1) is 0 Å². The van der Waals surface area contributed by atoms with Crippen LogP contribution >= 0.6 is 0 Å². The molecule has 1 aromatic heterocycles. The lowest BCUT2D eigenvalue weighted by atomic mass is 9.92. The van der Waals surface area contributed by atoms with Crippen molar-refractivity contribution in [3.05, 3.63) is 41.6 Å². The Kier molecular flexibility index (Phi) is 5.95. The molecule has 2 aliphatic rings. The van der Waals surface area contributed by atoms with E-state index in [0.29, 0.717) is 43.9 Å². The van der Waals surface area contributed by atoms with Crippen LogP contribution in [0.2, 0.25) is 0 Å². The maximum Gasteiger partial charge on any atom is 0.281 e. The predicted octanol–water partition coefficient (Wildman–Crippen LogP) is 2.39. The van der Waals surface area contributed by atoms with Crippen LogP contribution < -0.4 is 5.73 Å². The SMILES string of the molecule is Cc1ccc(-n2ncc(C(=O)C3CCCN(S(=O)(=O)N4CCCCC4)C3)c2N)cc1. The Morgan fingerprint density at radius 2 is 1.70 bits per heavy atom. The van der Waals surface area contributed by atoms with Crippen LogP contribution in [0.1, 0.15) is 48.0 Å².